The van der Waals surface area contributed by atoms with Crippen LogP contribution in [0.2, 0.25) is 10.0 Å². The lowest BCUT2D eigenvalue weighted by Crippen LogP contribution is -2.52. The normalized spacial score (nSPS) is 20.7. The molecule has 1 aromatic carbocycles. The number of primary amides is 1. The van der Waals surface area contributed by atoms with Crippen molar-refractivity contribution < 1.29 is 9.59 Å². The van der Waals surface area contributed by atoms with Crippen LogP contribution in [0.15, 0.2) is 18.2 Å². The number of hydrogen-bond acceptors (Lipinski definition) is 4. The van der Waals surface area contributed by atoms with Gasteiger partial charge in [0.25, 0.3) is 5.91 Å². The summed E-state index contributed by atoms with van der Waals surface area (Å²) in [6.45, 7) is 1.28. The Morgan fingerprint density at radius 3 is 2.66 bits per heavy atom. The molecule has 3 amide bonds. The summed E-state index contributed by atoms with van der Waals surface area (Å²) >= 11 is 14.0. The standard InChI is InChI=1S/C19H21Cl2N5O2S/c1-29-12-7-11(8-12)23-19(28)25-4-5-26-15(9-25)16(18(22)27)17(24-26)10-2-3-13(20)14(21)6-10/h2-3,6,11-12H,4-5,7-9H2,1H3,(H2,22,27)(H,23,28)/t11-,12+. The van der Waals surface area contributed by atoms with Crippen molar-refractivity contribution in [3.8, 4) is 11.3 Å². The zero-order valence-corrected chi connectivity index (χ0v) is 18.2. The molecule has 1 aliphatic heterocycles. The minimum Gasteiger partial charge on any atom is -0.365 e. The smallest absolute Gasteiger partial charge is 0.318 e. The molecule has 2 aliphatic rings. The number of nitrogens with two attached hydrogens (primary N) is 1. The van der Waals surface area contributed by atoms with Gasteiger partial charge in [0.1, 0.15) is 5.69 Å². The van der Waals surface area contributed by atoms with Crippen LogP contribution in [-0.2, 0) is 13.1 Å². The predicted octanol–water partition coefficient (Wildman–Crippen LogP) is 3.38. The van der Waals surface area contributed by atoms with Gasteiger partial charge in [0.15, 0.2) is 0 Å². The quantitative estimate of drug-likeness (QED) is 0.741. The first-order chi connectivity index (χ1) is 13.9. The predicted molar refractivity (Wildman–Crippen MR) is 115 cm³/mol. The molecule has 1 fully saturated rings. The van der Waals surface area contributed by atoms with Gasteiger partial charge in [0, 0.05) is 23.4 Å². The molecule has 1 aliphatic carbocycles. The van der Waals surface area contributed by atoms with E-state index in [1.807, 2.05) is 11.8 Å². The minimum atomic E-state index is -0.587. The van der Waals surface area contributed by atoms with Crippen LogP contribution >= 0.6 is 35.0 Å². The highest BCUT2D eigenvalue weighted by atomic mass is 35.5. The number of hydrogen-bond donors (Lipinski definition) is 2. The van der Waals surface area contributed by atoms with Gasteiger partial charge in [0.05, 0.1) is 34.4 Å². The number of nitrogens with zero attached hydrogens (tertiary/aromatic N) is 3. The van der Waals surface area contributed by atoms with Gasteiger partial charge in [-0.15, -0.1) is 0 Å². The fourth-order valence-electron chi connectivity index (χ4n) is 3.74. The molecule has 0 bridgehead atoms. The van der Waals surface area contributed by atoms with Gasteiger partial charge in [-0.3, -0.25) is 9.48 Å². The maximum atomic E-state index is 12.7. The molecular weight excluding hydrogens is 433 g/mol. The van der Waals surface area contributed by atoms with Crippen LogP contribution in [0.25, 0.3) is 11.3 Å². The Morgan fingerprint density at radius 1 is 1.24 bits per heavy atom. The third kappa shape index (κ3) is 3.93. The van der Waals surface area contributed by atoms with Gasteiger partial charge in [0.2, 0.25) is 0 Å². The molecule has 1 aromatic heterocycles. The van der Waals surface area contributed by atoms with Crippen molar-refractivity contribution in [2.45, 2.75) is 37.2 Å². The van der Waals surface area contributed by atoms with Crippen molar-refractivity contribution in [3.05, 3.63) is 39.5 Å². The fourth-order valence-corrected chi connectivity index (χ4v) is 4.88. The summed E-state index contributed by atoms with van der Waals surface area (Å²) in [5.74, 6) is -0.587. The van der Waals surface area contributed by atoms with Crippen molar-refractivity contribution in [2.24, 2.45) is 5.73 Å². The number of rotatable bonds is 4. The van der Waals surface area contributed by atoms with Crippen LogP contribution in [0, 0.1) is 0 Å². The lowest BCUT2D eigenvalue weighted by atomic mass is 9.92. The summed E-state index contributed by atoms with van der Waals surface area (Å²) in [6.07, 6.45) is 4.07. The van der Waals surface area contributed by atoms with E-state index in [1.165, 1.54) is 0 Å². The molecule has 0 atom stereocenters. The Bertz CT molecular complexity index is 974. The first-order valence-electron chi connectivity index (χ1n) is 9.30. The number of halogens is 2. The zero-order chi connectivity index (χ0) is 20.7. The number of thioether (sulfide) groups is 1. The second-order valence-corrected chi connectivity index (χ2v) is 9.24. The maximum absolute atomic E-state index is 12.7. The Hall–Kier alpha value is -1.90. The number of urea groups is 1. The van der Waals surface area contributed by atoms with Crippen LogP contribution in [0.5, 0.6) is 0 Å². The molecule has 0 unspecified atom stereocenters. The Morgan fingerprint density at radius 2 is 2.00 bits per heavy atom. The molecule has 0 saturated heterocycles. The first kappa shape index (κ1) is 20.4. The van der Waals surface area contributed by atoms with Crippen molar-refractivity contribution in [1.82, 2.24) is 20.0 Å². The average Bonchev–Trinajstić information content (AvgIpc) is 3.05. The molecule has 10 heteroatoms. The summed E-state index contributed by atoms with van der Waals surface area (Å²) in [4.78, 5) is 26.6. The van der Waals surface area contributed by atoms with Crippen LogP contribution in [-0.4, -0.2) is 50.7 Å². The number of amides is 3. The molecule has 4 rings (SSSR count). The SMILES string of the molecule is CS[C@H]1C[C@@H](NC(=O)N2CCn3nc(-c4ccc(Cl)c(Cl)c4)c(C(N)=O)c3C2)C1. The van der Waals surface area contributed by atoms with E-state index < -0.39 is 5.91 Å². The summed E-state index contributed by atoms with van der Waals surface area (Å²) in [6, 6.07) is 5.16. The topological polar surface area (TPSA) is 93.2 Å². The first-order valence-corrected chi connectivity index (χ1v) is 11.3. The summed E-state index contributed by atoms with van der Waals surface area (Å²) in [5, 5.41) is 9.06. The monoisotopic (exact) mass is 453 g/mol. The second-order valence-electron chi connectivity index (χ2n) is 7.28. The molecule has 0 radical (unpaired) electrons. The number of aromatic nitrogens is 2. The lowest BCUT2D eigenvalue weighted by Gasteiger charge is -2.37. The number of carbonyl (C=O) groups excluding carboxylic acids is 2. The van der Waals surface area contributed by atoms with Gasteiger partial charge < -0.3 is 16.0 Å². The fraction of sp³-hybridized carbons (Fsp3) is 0.421. The van der Waals surface area contributed by atoms with Gasteiger partial charge in [-0.05, 0) is 31.2 Å². The highest BCUT2D eigenvalue weighted by molar-refractivity contribution is 7.99. The number of nitrogens with one attached hydrogen (secondary N) is 1. The third-order valence-corrected chi connectivity index (χ3v) is 7.25. The van der Waals surface area contributed by atoms with Crippen LogP contribution < -0.4 is 11.1 Å². The molecule has 1 saturated carbocycles. The number of benzene rings is 1. The Balaban J connectivity index is 1.57. The molecule has 3 N–H and O–H groups in total. The van der Waals surface area contributed by atoms with Crippen molar-refractivity contribution in [1.29, 1.82) is 0 Å². The maximum Gasteiger partial charge on any atom is 0.318 e. The highest BCUT2D eigenvalue weighted by Gasteiger charge is 2.33. The molecule has 0 spiro atoms. The van der Waals surface area contributed by atoms with Gasteiger partial charge in [-0.2, -0.15) is 16.9 Å². The van der Waals surface area contributed by atoms with Crippen molar-refractivity contribution in [2.75, 3.05) is 12.8 Å². The van der Waals surface area contributed by atoms with Gasteiger partial charge >= 0.3 is 6.03 Å². The number of fused-ring (bicyclic) bond motifs is 1. The Labute approximate surface area is 182 Å². The highest BCUT2D eigenvalue weighted by Crippen LogP contribution is 2.33. The average molecular weight is 454 g/mol. The van der Waals surface area contributed by atoms with E-state index in [9.17, 15) is 9.59 Å². The van der Waals surface area contributed by atoms with Crippen LogP contribution in [0.4, 0.5) is 4.79 Å². The molecule has 154 valence electrons. The Kier molecular flexibility index (Phi) is 5.68. The third-order valence-electron chi connectivity index (χ3n) is 5.46. The van der Waals surface area contributed by atoms with E-state index in [0.717, 1.165) is 12.8 Å². The summed E-state index contributed by atoms with van der Waals surface area (Å²) in [7, 11) is 0. The molecule has 2 heterocycles. The van der Waals surface area contributed by atoms with E-state index >= 15 is 0 Å². The second kappa shape index (κ2) is 8.08. The van der Waals surface area contributed by atoms with Gasteiger partial charge in [-0.25, -0.2) is 4.79 Å². The van der Waals surface area contributed by atoms with E-state index in [-0.39, 0.29) is 18.6 Å². The van der Waals surface area contributed by atoms with E-state index in [4.69, 9.17) is 28.9 Å². The summed E-state index contributed by atoms with van der Waals surface area (Å²) in [5.41, 5.74) is 7.74. The minimum absolute atomic E-state index is 0.117. The summed E-state index contributed by atoms with van der Waals surface area (Å²) < 4.78 is 1.74. The van der Waals surface area contributed by atoms with E-state index in [0.29, 0.717) is 50.9 Å². The van der Waals surface area contributed by atoms with Crippen molar-refractivity contribution in [3.63, 3.8) is 0 Å². The molecule has 29 heavy (non-hydrogen) atoms. The van der Waals surface area contributed by atoms with E-state index in [1.54, 1.807) is 27.8 Å². The van der Waals surface area contributed by atoms with Crippen LogP contribution in [0.3, 0.4) is 0 Å². The molecule has 7 nitrogen and oxygen atoms in total. The number of carbonyl (C=O) groups is 2. The lowest BCUT2D eigenvalue weighted by molar-refractivity contribution is 0.0997. The zero-order valence-electron chi connectivity index (χ0n) is 15.8. The van der Waals surface area contributed by atoms with E-state index in [2.05, 4.69) is 16.7 Å². The van der Waals surface area contributed by atoms with Crippen LogP contribution in [0.1, 0.15) is 28.9 Å². The molecule has 2 aromatic rings. The van der Waals surface area contributed by atoms with Crippen molar-refractivity contribution >= 4 is 46.9 Å². The van der Waals surface area contributed by atoms with Gasteiger partial charge in [-0.1, -0.05) is 29.3 Å². The largest absolute Gasteiger partial charge is 0.365 e. The molecular formula is C19H21Cl2N5O2S.